The minimum Gasteiger partial charge on any atom is -0.381 e. The second kappa shape index (κ2) is 6.60. The van der Waals surface area contributed by atoms with E-state index in [0.717, 1.165) is 54.8 Å². The highest BCUT2D eigenvalue weighted by molar-refractivity contribution is 7.16. The first-order valence-electron chi connectivity index (χ1n) is 7.37. The van der Waals surface area contributed by atoms with E-state index in [-0.39, 0.29) is 0 Å². The average molecular weight is 295 g/mol. The van der Waals surface area contributed by atoms with Crippen LogP contribution in [0.5, 0.6) is 0 Å². The first-order chi connectivity index (χ1) is 9.88. The standard InChI is InChI=1S/C13H21N5OS/c14-7-4-2-1-3-5-11-17-18-12(10-6-8-19-9-10)15-16-13(18)20-11/h10H,1-9,14H2. The molecule has 1 saturated heterocycles. The molecule has 1 unspecified atom stereocenters. The number of nitrogens with zero attached hydrogens (tertiary/aromatic N) is 4. The Labute approximate surface area is 122 Å². The molecule has 2 aromatic rings. The van der Waals surface area contributed by atoms with E-state index >= 15 is 0 Å². The average Bonchev–Trinajstić information content (AvgIpc) is 3.13. The van der Waals surface area contributed by atoms with E-state index < -0.39 is 0 Å². The summed E-state index contributed by atoms with van der Waals surface area (Å²) in [5, 5.41) is 14.3. The lowest BCUT2D eigenvalue weighted by Crippen LogP contribution is -2.05. The highest BCUT2D eigenvalue weighted by atomic mass is 32.1. The van der Waals surface area contributed by atoms with Gasteiger partial charge < -0.3 is 10.5 Å². The van der Waals surface area contributed by atoms with Crippen LogP contribution in [0.15, 0.2) is 0 Å². The number of aryl methyl sites for hydroxylation is 1. The van der Waals surface area contributed by atoms with Crippen molar-refractivity contribution >= 4 is 16.3 Å². The van der Waals surface area contributed by atoms with Crippen LogP contribution in [0.25, 0.3) is 4.96 Å². The van der Waals surface area contributed by atoms with Gasteiger partial charge in [0.05, 0.1) is 6.61 Å². The van der Waals surface area contributed by atoms with Gasteiger partial charge in [0.2, 0.25) is 4.96 Å². The maximum Gasteiger partial charge on any atom is 0.234 e. The fourth-order valence-corrected chi connectivity index (χ4v) is 3.42. The molecule has 3 heterocycles. The molecule has 1 fully saturated rings. The van der Waals surface area contributed by atoms with E-state index in [1.165, 1.54) is 19.3 Å². The van der Waals surface area contributed by atoms with Crippen molar-refractivity contribution in [2.75, 3.05) is 19.8 Å². The normalized spacial score (nSPS) is 19.1. The predicted molar refractivity (Wildman–Crippen MR) is 78.1 cm³/mol. The van der Waals surface area contributed by atoms with Crippen molar-refractivity contribution in [3.63, 3.8) is 0 Å². The Morgan fingerprint density at radius 2 is 2.15 bits per heavy atom. The topological polar surface area (TPSA) is 78.3 Å². The summed E-state index contributed by atoms with van der Waals surface area (Å²) in [5.74, 6) is 1.31. The van der Waals surface area contributed by atoms with Crippen molar-refractivity contribution in [1.82, 2.24) is 19.8 Å². The molecule has 0 saturated carbocycles. The van der Waals surface area contributed by atoms with Gasteiger partial charge in [-0.05, 0) is 25.8 Å². The number of aromatic nitrogens is 4. The molecule has 6 nitrogen and oxygen atoms in total. The van der Waals surface area contributed by atoms with Gasteiger partial charge in [0.25, 0.3) is 0 Å². The molecular weight excluding hydrogens is 274 g/mol. The summed E-state index contributed by atoms with van der Waals surface area (Å²) in [6, 6.07) is 0. The van der Waals surface area contributed by atoms with Crippen LogP contribution in [0.1, 0.15) is 48.9 Å². The molecule has 110 valence electrons. The van der Waals surface area contributed by atoms with Crippen LogP contribution in [-0.2, 0) is 11.2 Å². The fraction of sp³-hybridized carbons (Fsp3) is 0.769. The number of rotatable bonds is 7. The first kappa shape index (κ1) is 13.9. The molecule has 1 aliphatic rings. The molecule has 0 aromatic carbocycles. The van der Waals surface area contributed by atoms with Crippen LogP contribution < -0.4 is 5.73 Å². The Hall–Kier alpha value is -1.05. The summed E-state index contributed by atoms with van der Waals surface area (Å²) in [7, 11) is 0. The summed E-state index contributed by atoms with van der Waals surface area (Å²) in [6.07, 6.45) is 6.78. The Kier molecular flexibility index (Phi) is 4.59. The number of hydrogen-bond donors (Lipinski definition) is 1. The monoisotopic (exact) mass is 295 g/mol. The Morgan fingerprint density at radius 1 is 1.25 bits per heavy atom. The summed E-state index contributed by atoms with van der Waals surface area (Å²) < 4.78 is 7.34. The maximum atomic E-state index is 5.50. The largest absolute Gasteiger partial charge is 0.381 e. The lowest BCUT2D eigenvalue weighted by atomic mass is 10.1. The zero-order chi connectivity index (χ0) is 13.8. The van der Waals surface area contributed by atoms with Crippen molar-refractivity contribution in [2.45, 2.75) is 44.4 Å². The molecule has 0 aliphatic carbocycles. The third-order valence-corrected chi connectivity index (χ3v) is 4.65. The second-order valence-electron chi connectivity index (χ2n) is 5.26. The van der Waals surface area contributed by atoms with Gasteiger partial charge in [0, 0.05) is 18.9 Å². The molecule has 0 radical (unpaired) electrons. The highest BCUT2D eigenvalue weighted by Crippen LogP contribution is 2.26. The summed E-state index contributed by atoms with van der Waals surface area (Å²) in [4.78, 5) is 0.906. The second-order valence-corrected chi connectivity index (χ2v) is 6.30. The zero-order valence-corrected chi connectivity index (χ0v) is 12.4. The van der Waals surface area contributed by atoms with Gasteiger partial charge in [-0.15, -0.1) is 10.2 Å². The summed E-state index contributed by atoms with van der Waals surface area (Å²) >= 11 is 1.65. The van der Waals surface area contributed by atoms with E-state index in [9.17, 15) is 0 Å². The number of unbranched alkanes of at least 4 members (excludes halogenated alkanes) is 3. The van der Waals surface area contributed by atoms with Gasteiger partial charge >= 0.3 is 0 Å². The lowest BCUT2D eigenvalue weighted by molar-refractivity contribution is 0.193. The number of ether oxygens (including phenoxy) is 1. The number of nitrogens with two attached hydrogens (primary N) is 1. The smallest absolute Gasteiger partial charge is 0.234 e. The molecule has 20 heavy (non-hydrogen) atoms. The minimum absolute atomic E-state index is 0.351. The zero-order valence-electron chi connectivity index (χ0n) is 11.6. The third-order valence-electron chi connectivity index (χ3n) is 3.70. The van der Waals surface area contributed by atoms with Crippen LogP contribution in [0.2, 0.25) is 0 Å². The highest BCUT2D eigenvalue weighted by Gasteiger charge is 2.24. The fourth-order valence-electron chi connectivity index (χ4n) is 2.54. The van der Waals surface area contributed by atoms with Gasteiger partial charge in [-0.1, -0.05) is 24.2 Å². The van der Waals surface area contributed by atoms with E-state index in [0.29, 0.717) is 5.92 Å². The Balaban J connectivity index is 1.62. The molecule has 0 amide bonds. The van der Waals surface area contributed by atoms with Crippen molar-refractivity contribution in [3.05, 3.63) is 10.8 Å². The molecule has 2 aromatic heterocycles. The maximum absolute atomic E-state index is 5.50. The van der Waals surface area contributed by atoms with Gasteiger partial charge in [-0.25, -0.2) is 0 Å². The van der Waals surface area contributed by atoms with Crippen molar-refractivity contribution in [3.8, 4) is 0 Å². The predicted octanol–water partition coefficient (Wildman–Crippen LogP) is 1.75. The molecule has 0 spiro atoms. The quantitative estimate of drug-likeness (QED) is 0.787. The van der Waals surface area contributed by atoms with Crippen LogP contribution >= 0.6 is 11.3 Å². The number of hydrogen-bond acceptors (Lipinski definition) is 6. The Morgan fingerprint density at radius 3 is 2.95 bits per heavy atom. The van der Waals surface area contributed by atoms with Crippen LogP contribution in [0, 0.1) is 0 Å². The first-order valence-corrected chi connectivity index (χ1v) is 8.19. The van der Waals surface area contributed by atoms with Gasteiger partial charge in [-0.2, -0.15) is 9.61 Å². The van der Waals surface area contributed by atoms with Crippen molar-refractivity contribution < 1.29 is 4.74 Å². The molecule has 0 bridgehead atoms. The minimum atomic E-state index is 0.351. The van der Waals surface area contributed by atoms with Crippen LogP contribution in [0.3, 0.4) is 0 Å². The molecule has 2 N–H and O–H groups in total. The summed E-state index contributed by atoms with van der Waals surface area (Å²) in [6.45, 7) is 2.36. The van der Waals surface area contributed by atoms with Crippen molar-refractivity contribution in [2.24, 2.45) is 5.73 Å². The van der Waals surface area contributed by atoms with E-state index in [1.54, 1.807) is 11.3 Å². The molecule has 7 heteroatoms. The van der Waals surface area contributed by atoms with E-state index in [4.69, 9.17) is 10.5 Å². The molecule has 1 aliphatic heterocycles. The van der Waals surface area contributed by atoms with Crippen LogP contribution in [-0.4, -0.2) is 39.6 Å². The number of fused-ring (bicyclic) bond motifs is 1. The SMILES string of the molecule is NCCCCCCc1nn2c(C3CCOC3)nnc2s1. The van der Waals surface area contributed by atoms with Gasteiger partial charge in [0.15, 0.2) is 5.82 Å². The van der Waals surface area contributed by atoms with E-state index in [1.807, 2.05) is 4.52 Å². The molecule has 1 atom stereocenters. The summed E-state index contributed by atoms with van der Waals surface area (Å²) in [5.41, 5.74) is 5.50. The van der Waals surface area contributed by atoms with E-state index in [2.05, 4.69) is 15.3 Å². The van der Waals surface area contributed by atoms with Gasteiger partial charge in [-0.3, -0.25) is 0 Å². The molecule has 3 rings (SSSR count). The van der Waals surface area contributed by atoms with Gasteiger partial charge in [0.1, 0.15) is 5.01 Å². The third kappa shape index (κ3) is 2.99. The molecular formula is C13H21N5OS. The lowest BCUT2D eigenvalue weighted by Gasteiger charge is -2.01. The van der Waals surface area contributed by atoms with Crippen molar-refractivity contribution in [1.29, 1.82) is 0 Å². The van der Waals surface area contributed by atoms with Crippen LogP contribution in [0.4, 0.5) is 0 Å². The Bertz CT molecular complexity index is 546.